The van der Waals surface area contributed by atoms with Gasteiger partial charge in [0, 0.05) is 24.7 Å². The van der Waals surface area contributed by atoms with Crippen LogP contribution in [-0.2, 0) is 9.59 Å². The van der Waals surface area contributed by atoms with Crippen molar-refractivity contribution in [2.75, 3.05) is 32.7 Å². The minimum atomic E-state index is -0.660. The number of nitrogens with zero attached hydrogens (tertiary/aromatic N) is 3. The average Bonchev–Trinajstić information content (AvgIpc) is 3.06. The highest BCUT2D eigenvalue weighted by Gasteiger charge is 2.44. The number of urea groups is 1. The maximum atomic E-state index is 13.4. The van der Waals surface area contributed by atoms with Crippen LogP contribution in [0.15, 0.2) is 48.2 Å². The quantitative estimate of drug-likeness (QED) is 0.594. The summed E-state index contributed by atoms with van der Waals surface area (Å²) in [5.41, 5.74) is 1.71. The number of benzene rings is 1. The van der Waals surface area contributed by atoms with Gasteiger partial charge in [-0.2, -0.15) is 0 Å². The van der Waals surface area contributed by atoms with Crippen LogP contribution < -0.4 is 5.32 Å². The van der Waals surface area contributed by atoms with Crippen molar-refractivity contribution in [2.45, 2.75) is 32.7 Å². The maximum absolute atomic E-state index is 13.4. The fraction of sp³-hybridized carbons (Fsp3) is 0.435. The highest BCUT2D eigenvalue weighted by Crippen LogP contribution is 2.38. The molecular formula is C23H29ClN4O3. The minimum Gasteiger partial charge on any atom is -0.341 e. The molecule has 2 heterocycles. The fourth-order valence-corrected chi connectivity index (χ4v) is 4.35. The van der Waals surface area contributed by atoms with Crippen molar-refractivity contribution in [3.8, 4) is 0 Å². The van der Waals surface area contributed by atoms with Gasteiger partial charge in [-0.25, -0.2) is 4.79 Å². The van der Waals surface area contributed by atoms with Crippen LogP contribution in [0, 0.1) is 0 Å². The number of carbonyl (C=O) groups excluding carboxylic acids is 3. The molecule has 0 spiro atoms. The van der Waals surface area contributed by atoms with Crippen molar-refractivity contribution in [3.63, 3.8) is 0 Å². The Morgan fingerprint density at radius 2 is 1.94 bits per heavy atom. The second-order valence-corrected chi connectivity index (χ2v) is 8.11. The van der Waals surface area contributed by atoms with Gasteiger partial charge in [0.05, 0.1) is 23.9 Å². The predicted octanol–water partition coefficient (Wildman–Crippen LogP) is 3.34. The lowest BCUT2D eigenvalue weighted by Gasteiger charge is -2.33. The Hall–Kier alpha value is -2.80. The first-order chi connectivity index (χ1) is 14.9. The highest BCUT2D eigenvalue weighted by atomic mass is 35.5. The first-order valence-corrected chi connectivity index (χ1v) is 11.0. The van der Waals surface area contributed by atoms with E-state index >= 15 is 0 Å². The summed E-state index contributed by atoms with van der Waals surface area (Å²) in [4.78, 5) is 43.9. The molecule has 31 heavy (non-hydrogen) atoms. The third-order valence-corrected chi connectivity index (χ3v) is 5.83. The van der Waals surface area contributed by atoms with Gasteiger partial charge in [-0.3, -0.25) is 14.5 Å². The summed E-state index contributed by atoms with van der Waals surface area (Å²) in [6.45, 7) is 9.54. The molecule has 0 radical (unpaired) electrons. The normalized spacial score (nSPS) is 18.2. The van der Waals surface area contributed by atoms with E-state index in [1.54, 1.807) is 29.2 Å². The second-order valence-electron chi connectivity index (χ2n) is 7.71. The third kappa shape index (κ3) is 4.61. The molecule has 2 aliphatic heterocycles. The summed E-state index contributed by atoms with van der Waals surface area (Å²) < 4.78 is 0. The van der Waals surface area contributed by atoms with Gasteiger partial charge in [0.1, 0.15) is 6.54 Å². The lowest BCUT2D eigenvalue weighted by molar-refractivity contribution is -0.137. The molecule has 1 aromatic carbocycles. The lowest BCUT2D eigenvalue weighted by atomic mass is 9.95. The van der Waals surface area contributed by atoms with Gasteiger partial charge in [-0.05, 0) is 24.5 Å². The summed E-state index contributed by atoms with van der Waals surface area (Å²) in [6, 6.07) is 6.17. The largest absolute Gasteiger partial charge is 0.341 e. The predicted molar refractivity (Wildman–Crippen MR) is 120 cm³/mol. The van der Waals surface area contributed by atoms with E-state index in [1.807, 2.05) is 19.9 Å². The van der Waals surface area contributed by atoms with Crippen LogP contribution in [0.1, 0.15) is 38.3 Å². The number of halogens is 1. The van der Waals surface area contributed by atoms with E-state index in [0.717, 1.165) is 12.8 Å². The summed E-state index contributed by atoms with van der Waals surface area (Å²) in [5.74, 6) is -0.337. The van der Waals surface area contributed by atoms with Gasteiger partial charge in [0.15, 0.2) is 0 Å². The van der Waals surface area contributed by atoms with Crippen LogP contribution in [0.5, 0.6) is 0 Å². The van der Waals surface area contributed by atoms with Crippen LogP contribution in [-0.4, -0.2) is 65.3 Å². The minimum absolute atomic E-state index is 0.0167. The molecule has 0 bridgehead atoms. The van der Waals surface area contributed by atoms with E-state index in [4.69, 9.17) is 11.6 Å². The topological polar surface area (TPSA) is 73.0 Å². The van der Waals surface area contributed by atoms with Crippen LogP contribution >= 0.6 is 11.6 Å². The molecule has 4 amide bonds. The molecule has 0 aromatic heterocycles. The number of rotatable bonds is 9. The van der Waals surface area contributed by atoms with Crippen molar-refractivity contribution in [1.82, 2.24) is 20.0 Å². The Morgan fingerprint density at radius 3 is 2.55 bits per heavy atom. The Kier molecular flexibility index (Phi) is 7.38. The van der Waals surface area contributed by atoms with Crippen molar-refractivity contribution >= 4 is 29.4 Å². The second kappa shape index (κ2) is 10.0. The van der Waals surface area contributed by atoms with Gasteiger partial charge in [-0.15, -0.1) is 6.58 Å². The molecule has 3 rings (SSSR count). The van der Waals surface area contributed by atoms with Gasteiger partial charge in [-0.1, -0.05) is 49.7 Å². The summed E-state index contributed by atoms with van der Waals surface area (Å²) in [5, 5.41) is 3.37. The van der Waals surface area contributed by atoms with Crippen LogP contribution in [0.3, 0.4) is 0 Å². The molecule has 7 nitrogen and oxygen atoms in total. The zero-order valence-corrected chi connectivity index (χ0v) is 18.8. The zero-order chi connectivity index (χ0) is 22.5. The monoisotopic (exact) mass is 444 g/mol. The molecule has 0 fully saturated rings. The molecule has 1 N–H and O–H groups in total. The van der Waals surface area contributed by atoms with E-state index in [9.17, 15) is 14.4 Å². The number of nitrogens with one attached hydrogen (secondary N) is 1. The molecule has 8 heteroatoms. The Labute approximate surface area is 188 Å². The third-order valence-electron chi connectivity index (χ3n) is 5.49. The molecule has 0 saturated carbocycles. The zero-order valence-electron chi connectivity index (χ0n) is 18.1. The standard InChI is InChI=1S/C23H29ClN4O3/c1-4-11-26(12-5-2)19(29)15-27-14-18-20(22(27)30)21(16-9-7-8-10-17(16)24)25-23(31)28(18)13-6-3/h6-10,21H,3-5,11-15H2,1-2H3,(H,25,31)/t21-/m0/s1. The fourth-order valence-electron chi connectivity index (χ4n) is 4.11. The Balaban J connectivity index is 1.92. The van der Waals surface area contributed by atoms with Crippen molar-refractivity contribution in [2.24, 2.45) is 0 Å². The van der Waals surface area contributed by atoms with Crippen molar-refractivity contribution < 1.29 is 14.4 Å². The Bertz CT molecular complexity index is 908. The SMILES string of the molecule is C=CCN1C(=O)N[C@@H](c2ccccc2Cl)C2=C1CN(CC(=O)N(CCC)CCC)C2=O. The average molecular weight is 445 g/mol. The molecule has 2 aliphatic rings. The highest BCUT2D eigenvalue weighted by molar-refractivity contribution is 6.31. The molecule has 0 aliphatic carbocycles. The maximum Gasteiger partial charge on any atom is 0.322 e. The number of hydrogen-bond acceptors (Lipinski definition) is 3. The molecule has 166 valence electrons. The number of hydrogen-bond donors (Lipinski definition) is 1. The van der Waals surface area contributed by atoms with Crippen molar-refractivity contribution in [3.05, 3.63) is 58.8 Å². The van der Waals surface area contributed by atoms with E-state index in [2.05, 4.69) is 11.9 Å². The molecule has 1 aromatic rings. The van der Waals surface area contributed by atoms with Gasteiger partial charge < -0.3 is 15.1 Å². The number of amides is 4. The van der Waals surface area contributed by atoms with E-state index in [0.29, 0.717) is 34.9 Å². The Morgan fingerprint density at radius 1 is 1.26 bits per heavy atom. The van der Waals surface area contributed by atoms with E-state index in [-0.39, 0.29) is 37.5 Å². The van der Waals surface area contributed by atoms with Crippen LogP contribution in [0.2, 0.25) is 5.02 Å². The van der Waals surface area contributed by atoms with E-state index in [1.165, 1.54) is 9.80 Å². The lowest BCUT2D eigenvalue weighted by Crippen LogP contribution is -2.47. The number of carbonyl (C=O) groups is 3. The smallest absolute Gasteiger partial charge is 0.322 e. The summed E-state index contributed by atoms with van der Waals surface area (Å²) in [7, 11) is 0. The first kappa shape index (κ1) is 22.9. The first-order valence-electron chi connectivity index (χ1n) is 10.7. The van der Waals surface area contributed by atoms with Gasteiger partial charge in [0.25, 0.3) is 5.91 Å². The summed E-state index contributed by atoms with van der Waals surface area (Å²) >= 11 is 6.38. The van der Waals surface area contributed by atoms with E-state index < -0.39 is 6.04 Å². The van der Waals surface area contributed by atoms with Gasteiger partial charge in [0.2, 0.25) is 5.91 Å². The van der Waals surface area contributed by atoms with Crippen molar-refractivity contribution in [1.29, 1.82) is 0 Å². The molecule has 1 atom stereocenters. The summed E-state index contributed by atoms with van der Waals surface area (Å²) in [6.07, 6.45) is 3.33. The molecule has 0 unspecified atom stereocenters. The molecule has 0 saturated heterocycles. The molecular weight excluding hydrogens is 416 g/mol. The van der Waals surface area contributed by atoms with Crippen LogP contribution in [0.4, 0.5) is 4.79 Å². The van der Waals surface area contributed by atoms with Crippen LogP contribution in [0.25, 0.3) is 0 Å². The van der Waals surface area contributed by atoms with Gasteiger partial charge >= 0.3 is 6.03 Å².